The Morgan fingerprint density at radius 3 is 2.92 bits per heavy atom. The molecule has 4 rings (SSSR count). The standard InChI is InChI=1S/C18H15N3O4/c22-15-9-20-21(14-4-2-1-3-13(14)15)10-18(23)19-8-12-5-6-16-17(7-12)25-11-24-16/h1-7,9H,8,10-11H2,(H,19,23). The van der Waals surface area contributed by atoms with Gasteiger partial charge in [-0.2, -0.15) is 5.10 Å². The Morgan fingerprint density at radius 2 is 2.00 bits per heavy atom. The Bertz CT molecular complexity index is 1010. The molecule has 25 heavy (non-hydrogen) atoms. The van der Waals surface area contributed by atoms with Crippen LogP contribution in [0, 0.1) is 0 Å². The molecule has 0 aliphatic carbocycles. The first kappa shape index (κ1) is 15.2. The number of ether oxygens (including phenoxy) is 2. The second kappa shape index (κ2) is 6.27. The number of benzene rings is 2. The molecule has 0 saturated carbocycles. The molecule has 126 valence electrons. The summed E-state index contributed by atoms with van der Waals surface area (Å²) < 4.78 is 12.1. The van der Waals surface area contributed by atoms with Gasteiger partial charge in [0.15, 0.2) is 11.5 Å². The number of para-hydroxylation sites is 1. The Balaban J connectivity index is 1.46. The van der Waals surface area contributed by atoms with Crippen LogP contribution in [-0.4, -0.2) is 22.5 Å². The Morgan fingerprint density at radius 1 is 1.16 bits per heavy atom. The lowest BCUT2D eigenvalue weighted by molar-refractivity contribution is -0.121. The summed E-state index contributed by atoms with van der Waals surface area (Å²) in [7, 11) is 0. The number of nitrogens with one attached hydrogen (secondary N) is 1. The number of nitrogens with zero attached hydrogens (tertiary/aromatic N) is 2. The van der Waals surface area contributed by atoms with E-state index in [0.717, 1.165) is 5.56 Å². The number of hydrogen-bond donors (Lipinski definition) is 1. The van der Waals surface area contributed by atoms with Gasteiger partial charge in [0.25, 0.3) is 0 Å². The SMILES string of the molecule is O=C(Cn1ncc(=O)c2ccccc21)NCc1ccc2c(c1)OCO2. The van der Waals surface area contributed by atoms with Crippen molar-refractivity contribution in [1.29, 1.82) is 0 Å². The van der Waals surface area contributed by atoms with Gasteiger partial charge in [0, 0.05) is 11.9 Å². The first-order valence-electron chi connectivity index (χ1n) is 7.81. The van der Waals surface area contributed by atoms with Crippen molar-refractivity contribution >= 4 is 16.8 Å². The van der Waals surface area contributed by atoms with Gasteiger partial charge in [-0.3, -0.25) is 14.3 Å². The number of carbonyl (C=O) groups is 1. The molecule has 0 radical (unpaired) electrons. The molecule has 0 fully saturated rings. The molecular formula is C18H15N3O4. The fourth-order valence-electron chi connectivity index (χ4n) is 2.73. The van der Waals surface area contributed by atoms with Crippen molar-refractivity contribution in [3.05, 3.63) is 64.4 Å². The maximum atomic E-state index is 12.2. The molecule has 7 nitrogen and oxygen atoms in total. The van der Waals surface area contributed by atoms with Crippen molar-refractivity contribution in [1.82, 2.24) is 15.1 Å². The van der Waals surface area contributed by atoms with Crippen LogP contribution in [0.4, 0.5) is 0 Å². The fourth-order valence-corrected chi connectivity index (χ4v) is 2.73. The quantitative estimate of drug-likeness (QED) is 0.779. The zero-order valence-corrected chi connectivity index (χ0v) is 13.3. The topological polar surface area (TPSA) is 82.5 Å². The number of hydrogen-bond acceptors (Lipinski definition) is 5. The van der Waals surface area contributed by atoms with E-state index in [4.69, 9.17) is 9.47 Å². The van der Waals surface area contributed by atoms with E-state index in [2.05, 4.69) is 10.4 Å². The van der Waals surface area contributed by atoms with Crippen LogP contribution in [0.15, 0.2) is 53.5 Å². The van der Waals surface area contributed by atoms with Gasteiger partial charge in [-0.1, -0.05) is 18.2 Å². The van der Waals surface area contributed by atoms with Gasteiger partial charge >= 0.3 is 0 Å². The van der Waals surface area contributed by atoms with Gasteiger partial charge in [0.1, 0.15) is 6.54 Å². The van der Waals surface area contributed by atoms with Crippen LogP contribution in [-0.2, 0) is 17.9 Å². The molecule has 0 bridgehead atoms. The van der Waals surface area contributed by atoms with E-state index in [1.165, 1.54) is 10.9 Å². The predicted molar refractivity (Wildman–Crippen MR) is 90.4 cm³/mol. The minimum absolute atomic E-state index is 0.0331. The molecule has 7 heteroatoms. The Kier molecular flexibility index (Phi) is 3.81. The lowest BCUT2D eigenvalue weighted by Crippen LogP contribution is -2.28. The monoisotopic (exact) mass is 337 g/mol. The molecule has 0 saturated heterocycles. The minimum atomic E-state index is -0.195. The molecule has 2 heterocycles. The highest BCUT2D eigenvalue weighted by atomic mass is 16.7. The van der Waals surface area contributed by atoms with Gasteiger partial charge in [-0.15, -0.1) is 0 Å². The third kappa shape index (κ3) is 3.03. The molecule has 3 aromatic rings. The highest BCUT2D eigenvalue weighted by Crippen LogP contribution is 2.32. The minimum Gasteiger partial charge on any atom is -0.454 e. The molecule has 0 spiro atoms. The molecule has 2 aromatic carbocycles. The van der Waals surface area contributed by atoms with Gasteiger partial charge in [-0.25, -0.2) is 0 Å². The van der Waals surface area contributed by atoms with Gasteiger partial charge < -0.3 is 14.8 Å². The van der Waals surface area contributed by atoms with Gasteiger partial charge in [0.2, 0.25) is 18.1 Å². The van der Waals surface area contributed by atoms with E-state index >= 15 is 0 Å². The van der Waals surface area contributed by atoms with Crippen molar-refractivity contribution in [3.8, 4) is 11.5 Å². The second-order valence-electron chi connectivity index (χ2n) is 5.65. The highest BCUT2D eigenvalue weighted by Gasteiger charge is 2.13. The molecular weight excluding hydrogens is 322 g/mol. The summed E-state index contributed by atoms with van der Waals surface area (Å²) in [5.41, 5.74) is 1.39. The van der Waals surface area contributed by atoms with Crippen molar-refractivity contribution in [2.75, 3.05) is 6.79 Å². The van der Waals surface area contributed by atoms with Gasteiger partial charge in [0.05, 0.1) is 11.7 Å². The predicted octanol–water partition coefficient (Wildman–Crippen LogP) is 1.44. The number of amides is 1. The second-order valence-corrected chi connectivity index (χ2v) is 5.65. The largest absolute Gasteiger partial charge is 0.454 e. The lowest BCUT2D eigenvalue weighted by Gasteiger charge is -2.10. The summed E-state index contributed by atoms with van der Waals surface area (Å²) in [4.78, 5) is 24.1. The summed E-state index contributed by atoms with van der Waals surface area (Å²) >= 11 is 0. The maximum Gasteiger partial charge on any atom is 0.242 e. The average Bonchev–Trinajstić information content (AvgIpc) is 3.10. The zero-order chi connectivity index (χ0) is 17.2. The van der Waals surface area contributed by atoms with Crippen LogP contribution in [0.3, 0.4) is 0 Å². The van der Waals surface area contributed by atoms with E-state index in [1.807, 2.05) is 24.3 Å². The van der Waals surface area contributed by atoms with E-state index in [0.29, 0.717) is 28.9 Å². The molecule has 1 amide bonds. The van der Waals surface area contributed by atoms with Crippen LogP contribution in [0.1, 0.15) is 5.56 Å². The third-order valence-electron chi connectivity index (χ3n) is 3.98. The molecule has 1 aliphatic heterocycles. The lowest BCUT2D eigenvalue weighted by atomic mass is 10.2. The van der Waals surface area contributed by atoms with Crippen molar-refractivity contribution in [3.63, 3.8) is 0 Å². The molecule has 0 atom stereocenters. The summed E-state index contributed by atoms with van der Waals surface area (Å²) in [6.07, 6.45) is 1.23. The third-order valence-corrected chi connectivity index (χ3v) is 3.98. The first-order chi connectivity index (χ1) is 12.2. The molecule has 0 unspecified atom stereocenters. The van der Waals surface area contributed by atoms with E-state index in [1.54, 1.807) is 18.2 Å². The van der Waals surface area contributed by atoms with E-state index in [9.17, 15) is 9.59 Å². The van der Waals surface area contributed by atoms with Crippen LogP contribution in [0.2, 0.25) is 0 Å². The van der Waals surface area contributed by atoms with Crippen LogP contribution in [0.5, 0.6) is 11.5 Å². The highest BCUT2D eigenvalue weighted by molar-refractivity contribution is 5.81. The normalized spacial score (nSPS) is 12.3. The van der Waals surface area contributed by atoms with Crippen molar-refractivity contribution in [2.24, 2.45) is 0 Å². The van der Waals surface area contributed by atoms with Gasteiger partial charge in [-0.05, 0) is 29.8 Å². The summed E-state index contributed by atoms with van der Waals surface area (Å²) in [6.45, 7) is 0.620. The summed E-state index contributed by atoms with van der Waals surface area (Å²) in [5.74, 6) is 1.19. The number of rotatable bonds is 4. The zero-order valence-electron chi connectivity index (χ0n) is 13.3. The molecule has 1 aromatic heterocycles. The number of fused-ring (bicyclic) bond motifs is 2. The van der Waals surface area contributed by atoms with E-state index in [-0.39, 0.29) is 24.7 Å². The van der Waals surface area contributed by atoms with Crippen LogP contribution >= 0.6 is 0 Å². The molecule has 1 aliphatic rings. The van der Waals surface area contributed by atoms with Crippen molar-refractivity contribution < 1.29 is 14.3 Å². The maximum absolute atomic E-state index is 12.2. The first-order valence-corrected chi connectivity index (χ1v) is 7.81. The average molecular weight is 337 g/mol. The number of aromatic nitrogens is 2. The van der Waals surface area contributed by atoms with Crippen LogP contribution in [0.25, 0.3) is 10.9 Å². The Hall–Kier alpha value is -3.35. The number of carbonyl (C=O) groups excluding carboxylic acids is 1. The van der Waals surface area contributed by atoms with Crippen LogP contribution < -0.4 is 20.2 Å². The van der Waals surface area contributed by atoms with E-state index < -0.39 is 0 Å². The fraction of sp³-hybridized carbons (Fsp3) is 0.167. The summed E-state index contributed by atoms with van der Waals surface area (Å²) in [5, 5.41) is 7.44. The van der Waals surface area contributed by atoms with Crippen molar-refractivity contribution in [2.45, 2.75) is 13.1 Å². The molecule has 1 N–H and O–H groups in total. The Labute approximate surface area is 142 Å². The summed E-state index contributed by atoms with van der Waals surface area (Å²) in [6, 6.07) is 12.6. The smallest absolute Gasteiger partial charge is 0.242 e.